The van der Waals surface area contributed by atoms with Crippen molar-refractivity contribution in [2.45, 2.75) is 34.2 Å². The van der Waals surface area contributed by atoms with Gasteiger partial charge in [-0.2, -0.15) is 0 Å². The van der Waals surface area contributed by atoms with Crippen LogP contribution >= 0.6 is 11.3 Å². The minimum atomic E-state index is -0.697. The van der Waals surface area contributed by atoms with E-state index in [-0.39, 0.29) is 12.0 Å². The second-order valence-corrected chi connectivity index (χ2v) is 7.88. The van der Waals surface area contributed by atoms with Crippen molar-refractivity contribution in [3.8, 4) is 0 Å². The first kappa shape index (κ1) is 22.2. The predicted molar refractivity (Wildman–Crippen MR) is 118 cm³/mol. The first-order valence-corrected chi connectivity index (χ1v) is 10.4. The van der Waals surface area contributed by atoms with Gasteiger partial charge < -0.3 is 10.1 Å². The largest absolute Gasteiger partial charge is 0.462 e. The summed E-state index contributed by atoms with van der Waals surface area (Å²) in [5, 5.41) is 5.08. The molecule has 3 rings (SSSR count). The number of rotatable bonds is 5. The van der Waals surface area contributed by atoms with Crippen LogP contribution in [0.2, 0.25) is 0 Å². The fourth-order valence-corrected chi connectivity index (χ4v) is 4.06. The number of amides is 3. The van der Waals surface area contributed by atoms with Crippen molar-refractivity contribution < 1.29 is 19.1 Å². The number of aromatic nitrogens is 2. The molecule has 162 valence electrons. The standard InChI is InChI=1S/C21H22N4O5S/c1-5-30-20(28)17-13(4)16-18(31-17)22-10-25(19(16)27)9-15(26)24-21(29)23-14-8-6-7-11(2)12(14)3/h6-8,10H,5,9H2,1-4H3,(H2,23,24,26,29). The van der Waals surface area contributed by atoms with Gasteiger partial charge in [-0.15, -0.1) is 11.3 Å². The van der Waals surface area contributed by atoms with E-state index in [1.54, 1.807) is 26.0 Å². The third-order valence-electron chi connectivity index (χ3n) is 4.80. The van der Waals surface area contributed by atoms with Crippen molar-refractivity contribution in [1.82, 2.24) is 14.9 Å². The average Bonchev–Trinajstić information content (AvgIpc) is 3.05. The lowest BCUT2D eigenvalue weighted by molar-refractivity contribution is -0.120. The Morgan fingerprint density at radius 3 is 2.61 bits per heavy atom. The molecule has 31 heavy (non-hydrogen) atoms. The predicted octanol–water partition coefficient (Wildman–Crippen LogP) is 2.91. The Bertz CT molecular complexity index is 1240. The lowest BCUT2D eigenvalue weighted by atomic mass is 10.1. The van der Waals surface area contributed by atoms with E-state index < -0.39 is 30.0 Å². The van der Waals surface area contributed by atoms with E-state index >= 15 is 0 Å². The van der Waals surface area contributed by atoms with E-state index in [4.69, 9.17) is 4.74 Å². The number of aryl methyl sites for hydroxylation is 2. The molecule has 0 radical (unpaired) electrons. The SMILES string of the molecule is CCOC(=O)c1sc2ncn(CC(=O)NC(=O)Nc3cccc(C)c3C)c(=O)c2c1C. The summed E-state index contributed by atoms with van der Waals surface area (Å²) in [6, 6.07) is 4.75. The molecular formula is C21H22N4O5S. The zero-order valence-corrected chi connectivity index (χ0v) is 18.4. The number of anilines is 1. The van der Waals surface area contributed by atoms with Crippen LogP contribution in [0.1, 0.15) is 33.3 Å². The highest BCUT2D eigenvalue weighted by Crippen LogP contribution is 2.27. The highest BCUT2D eigenvalue weighted by molar-refractivity contribution is 7.20. The van der Waals surface area contributed by atoms with E-state index in [9.17, 15) is 19.2 Å². The molecule has 1 aromatic carbocycles. The molecule has 0 aliphatic rings. The summed E-state index contributed by atoms with van der Waals surface area (Å²) in [7, 11) is 0. The Balaban J connectivity index is 1.76. The number of thiophene rings is 1. The zero-order valence-electron chi connectivity index (χ0n) is 17.6. The highest BCUT2D eigenvalue weighted by Gasteiger charge is 2.21. The lowest BCUT2D eigenvalue weighted by Gasteiger charge is -2.11. The summed E-state index contributed by atoms with van der Waals surface area (Å²) in [4.78, 5) is 54.2. The second-order valence-electron chi connectivity index (χ2n) is 6.88. The highest BCUT2D eigenvalue weighted by atomic mass is 32.1. The Morgan fingerprint density at radius 1 is 1.16 bits per heavy atom. The van der Waals surface area contributed by atoms with E-state index in [2.05, 4.69) is 15.6 Å². The Morgan fingerprint density at radius 2 is 1.90 bits per heavy atom. The van der Waals surface area contributed by atoms with Crippen LogP contribution in [0.5, 0.6) is 0 Å². The maximum absolute atomic E-state index is 12.8. The number of nitrogens with one attached hydrogen (secondary N) is 2. The molecule has 0 bridgehead atoms. The molecule has 0 aliphatic heterocycles. The molecule has 3 aromatic rings. The van der Waals surface area contributed by atoms with Gasteiger partial charge in [-0.3, -0.25) is 19.5 Å². The van der Waals surface area contributed by atoms with Crippen molar-refractivity contribution in [2.24, 2.45) is 0 Å². The number of esters is 1. The van der Waals surface area contributed by atoms with Crippen LogP contribution in [0.25, 0.3) is 10.2 Å². The molecule has 0 fully saturated rings. The summed E-state index contributed by atoms with van der Waals surface area (Å²) in [5.41, 5.74) is 2.47. The van der Waals surface area contributed by atoms with Crippen LogP contribution in [0.4, 0.5) is 10.5 Å². The third-order valence-corrected chi connectivity index (χ3v) is 5.98. The van der Waals surface area contributed by atoms with Gasteiger partial charge in [0, 0.05) is 5.69 Å². The monoisotopic (exact) mass is 442 g/mol. The number of carbonyl (C=O) groups excluding carboxylic acids is 3. The van der Waals surface area contributed by atoms with Crippen LogP contribution in [0.3, 0.4) is 0 Å². The van der Waals surface area contributed by atoms with Gasteiger partial charge in [0.25, 0.3) is 5.56 Å². The molecule has 0 saturated carbocycles. The summed E-state index contributed by atoms with van der Waals surface area (Å²) < 4.78 is 6.10. The number of imide groups is 1. The van der Waals surface area contributed by atoms with Gasteiger partial charge in [0.15, 0.2) is 0 Å². The van der Waals surface area contributed by atoms with Crippen LogP contribution in [0, 0.1) is 20.8 Å². The quantitative estimate of drug-likeness (QED) is 0.587. The molecule has 0 aliphatic carbocycles. The number of carbonyl (C=O) groups is 3. The summed E-state index contributed by atoms with van der Waals surface area (Å²) in [6.07, 6.45) is 1.22. The number of ether oxygens (including phenoxy) is 1. The lowest BCUT2D eigenvalue weighted by Crippen LogP contribution is -2.38. The van der Waals surface area contributed by atoms with Crippen LogP contribution in [-0.2, 0) is 16.1 Å². The second kappa shape index (κ2) is 9.09. The number of urea groups is 1. The van der Waals surface area contributed by atoms with Gasteiger partial charge in [-0.05, 0) is 50.5 Å². The van der Waals surface area contributed by atoms with Crippen LogP contribution in [-0.4, -0.2) is 34.1 Å². The number of hydrogen-bond acceptors (Lipinski definition) is 7. The summed E-state index contributed by atoms with van der Waals surface area (Å²) in [5.74, 6) is -1.20. The van der Waals surface area contributed by atoms with Crippen molar-refractivity contribution in [1.29, 1.82) is 0 Å². The fourth-order valence-electron chi connectivity index (χ4n) is 3.02. The first-order valence-electron chi connectivity index (χ1n) is 9.55. The smallest absolute Gasteiger partial charge is 0.348 e. The van der Waals surface area contributed by atoms with E-state index in [0.717, 1.165) is 27.0 Å². The van der Waals surface area contributed by atoms with Crippen molar-refractivity contribution in [3.05, 3.63) is 56.4 Å². The minimum absolute atomic E-state index is 0.217. The van der Waals surface area contributed by atoms with Crippen LogP contribution in [0.15, 0.2) is 29.3 Å². The normalized spacial score (nSPS) is 10.7. The van der Waals surface area contributed by atoms with E-state index in [1.807, 2.05) is 19.9 Å². The molecule has 0 spiro atoms. The van der Waals surface area contributed by atoms with Gasteiger partial charge in [-0.1, -0.05) is 12.1 Å². The van der Waals surface area contributed by atoms with Gasteiger partial charge in [-0.25, -0.2) is 14.6 Å². The number of fused-ring (bicyclic) bond motifs is 1. The molecule has 3 amide bonds. The maximum Gasteiger partial charge on any atom is 0.348 e. The van der Waals surface area contributed by atoms with Crippen molar-refractivity contribution in [3.63, 3.8) is 0 Å². The van der Waals surface area contributed by atoms with Gasteiger partial charge in [0.05, 0.1) is 18.3 Å². The van der Waals surface area contributed by atoms with Gasteiger partial charge >= 0.3 is 12.0 Å². The fraction of sp³-hybridized carbons (Fsp3) is 0.286. The van der Waals surface area contributed by atoms with Crippen LogP contribution < -0.4 is 16.2 Å². The zero-order chi connectivity index (χ0) is 22.7. The Kier molecular flexibility index (Phi) is 6.50. The van der Waals surface area contributed by atoms with Gasteiger partial charge in [0.1, 0.15) is 16.3 Å². The molecule has 0 atom stereocenters. The summed E-state index contributed by atoms with van der Waals surface area (Å²) >= 11 is 1.06. The topological polar surface area (TPSA) is 119 Å². The molecule has 10 heteroatoms. The first-order chi connectivity index (χ1) is 14.7. The van der Waals surface area contributed by atoms with E-state index in [0.29, 0.717) is 21.0 Å². The number of nitrogens with zero attached hydrogens (tertiary/aromatic N) is 2. The molecule has 9 nitrogen and oxygen atoms in total. The number of benzene rings is 1. The third kappa shape index (κ3) is 4.64. The van der Waals surface area contributed by atoms with Crippen molar-refractivity contribution in [2.75, 3.05) is 11.9 Å². The molecule has 0 saturated heterocycles. The molecule has 0 unspecified atom stereocenters. The molecular weight excluding hydrogens is 420 g/mol. The van der Waals surface area contributed by atoms with Gasteiger partial charge in [0.2, 0.25) is 5.91 Å². The maximum atomic E-state index is 12.8. The molecule has 2 N–H and O–H groups in total. The summed E-state index contributed by atoms with van der Waals surface area (Å²) in [6.45, 7) is 6.93. The minimum Gasteiger partial charge on any atom is -0.462 e. The molecule has 2 heterocycles. The molecule has 2 aromatic heterocycles. The van der Waals surface area contributed by atoms with Crippen molar-refractivity contribution >= 4 is 45.1 Å². The van der Waals surface area contributed by atoms with E-state index in [1.165, 1.54) is 6.33 Å². The Labute approximate surface area is 182 Å². The number of hydrogen-bond donors (Lipinski definition) is 2. The Hall–Kier alpha value is -3.53. The average molecular weight is 442 g/mol.